The summed E-state index contributed by atoms with van der Waals surface area (Å²) in [4.78, 5) is 11.7. The predicted molar refractivity (Wildman–Crippen MR) is 88.0 cm³/mol. The summed E-state index contributed by atoms with van der Waals surface area (Å²) < 4.78 is 0. The molecule has 20 heavy (non-hydrogen) atoms. The maximum Gasteiger partial charge on any atom is 0.251 e. The Hall–Kier alpha value is -0.870. The standard InChI is InChI=1S/C15H21ClN2OS/c1-15(2)7-11(8-20-9-15)18-13-6-10(14(19)17-3)4-5-12(13)16/h4-6,11,18H,7-9H2,1-3H3,(H,17,19). The van der Waals surface area contributed by atoms with Crippen LogP contribution in [0.4, 0.5) is 5.69 Å². The molecule has 2 N–H and O–H groups in total. The van der Waals surface area contributed by atoms with Gasteiger partial charge in [0.25, 0.3) is 5.91 Å². The van der Waals surface area contributed by atoms with Gasteiger partial charge in [0, 0.05) is 24.4 Å². The first kappa shape index (κ1) is 15.5. The highest BCUT2D eigenvalue weighted by Crippen LogP contribution is 2.35. The Morgan fingerprint density at radius 1 is 1.45 bits per heavy atom. The summed E-state index contributed by atoms with van der Waals surface area (Å²) in [7, 11) is 1.63. The molecule has 1 fully saturated rings. The van der Waals surface area contributed by atoms with E-state index in [0.29, 0.717) is 22.0 Å². The quantitative estimate of drug-likeness (QED) is 0.895. The SMILES string of the molecule is CNC(=O)c1ccc(Cl)c(NC2CSCC(C)(C)C2)c1. The average Bonchev–Trinajstić information content (AvgIpc) is 2.39. The van der Waals surface area contributed by atoms with Crippen molar-refractivity contribution in [1.29, 1.82) is 0 Å². The van der Waals surface area contributed by atoms with E-state index in [0.717, 1.165) is 17.9 Å². The fraction of sp³-hybridized carbons (Fsp3) is 0.533. The van der Waals surface area contributed by atoms with Crippen LogP contribution in [0.3, 0.4) is 0 Å². The normalized spacial score (nSPS) is 21.3. The molecule has 2 rings (SSSR count). The second-order valence-corrected chi connectivity index (χ2v) is 7.44. The topological polar surface area (TPSA) is 41.1 Å². The van der Waals surface area contributed by atoms with E-state index >= 15 is 0 Å². The lowest BCUT2D eigenvalue weighted by Crippen LogP contribution is -2.35. The van der Waals surface area contributed by atoms with Crippen molar-refractivity contribution in [3.63, 3.8) is 0 Å². The summed E-state index contributed by atoms with van der Waals surface area (Å²) in [5, 5.41) is 6.78. The van der Waals surface area contributed by atoms with Gasteiger partial charge in [0.2, 0.25) is 0 Å². The molecule has 1 atom stereocenters. The number of hydrogen-bond donors (Lipinski definition) is 2. The molecule has 1 amide bonds. The Morgan fingerprint density at radius 2 is 2.20 bits per heavy atom. The third kappa shape index (κ3) is 3.83. The third-order valence-corrected chi connectivity index (χ3v) is 5.38. The highest BCUT2D eigenvalue weighted by molar-refractivity contribution is 7.99. The lowest BCUT2D eigenvalue weighted by atomic mass is 9.87. The fourth-order valence-corrected chi connectivity index (χ4v) is 3.94. The summed E-state index contributed by atoms with van der Waals surface area (Å²) in [6, 6.07) is 5.73. The van der Waals surface area contributed by atoms with Crippen molar-refractivity contribution in [1.82, 2.24) is 5.32 Å². The molecule has 1 aliphatic heterocycles. The van der Waals surface area contributed by atoms with Crippen molar-refractivity contribution in [2.24, 2.45) is 5.41 Å². The molecule has 1 aromatic carbocycles. The molecule has 5 heteroatoms. The van der Waals surface area contributed by atoms with E-state index in [2.05, 4.69) is 24.5 Å². The first-order valence-corrected chi connectivity index (χ1v) is 8.30. The summed E-state index contributed by atoms with van der Waals surface area (Å²) in [6.45, 7) is 4.58. The molecule has 0 aliphatic carbocycles. The Balaban J connectivity index is 2.14. The van der Waals surface area contributed by atoms with Gasteiger partial charge in [0.05, 0.1) is 10.7 Å². The number of thioether (sulfide) groups is 1. The average molecular weight is 313 g/mol. The zero-order valence-electron chi connectivity index (χ0n) is 12.1. The number of hydrogen-bond acceptors (Lipinski definition) is 3. The Morgan fingerprint density at radius 3 is 2.85 bits per heavy atom. The van der Waals surface area contributed by atoms with Crippen LogP contribution in [0.2, 0.25) is 5.02 Å². The predicted octanol–water partition coefficient (Wildman–Crippen LogP) is 3.64. The lowest BCUT2D eigenvalue weighted by molar-refractivity contribution is 0.0963. The molecular formula is C15H21ClN2OS. The summed E-state index contributed by atoms with van der Waals surface area (Å²) in [5.74, 6) is 2.17. The zero-order chi connectivity index (χ0) is 14.8. The minimum atomic E-state index is -0.0944. The van der Waals surface area contributed by atoms with Gasteiger partial charge < -0.3 is 10.6 Å². The van der Waals surface area contributed by atoms with Gasteiger partial charge in [-0.05, 0) is 35.8 Å². The highest BCUT2D eigenvalue weighted by Gasteiger charge is 2.28. The van der Waals surface area contributed by atoms with Crippen LogP contribution >= 0.6 is 23.4 Å². The van der Waals surface area contributed by atoms with Crippen LogP contribution in [0.5, 0.6) is 0 Å². The number of carbonyl (C=O) groups is 1. The summed E-state index contributed by atoms with van der Waals surface area (Å²) in [6.07, 6.45) is 1.11. The van der Waals surface area contributed by atoms with Crippen molar-refractivity contribution in [2.75, 3.05) is 23.9 Å². The van der Waals surface area contributed by atoms with Crippen LogP contribution in [0.1, 0.15) is 30.6 Å². The molecule has 1 heterocycles. The van der Waals surface area contributed by atoms with Gasteiger partial charge in [-0.1, -0.05) is 25.4 Å². The Bertz CT molecular complexity index is 505. The van der Waals surface area contributed by atoms with Crippen LogP contribution < -0.4 is 10.6 Å². The van der Waals surface area contributed by atoms with Gasteiger partial charge >= 0.3 is 0 Å². The molecule has 0 radical (unpaired) electrons. The molecule has 1 aliphatic rings. The lowest BCUT2D eigenvalue weighted by Gasteiger charge is -2.35. The molecule has 0 aromatic heterocycles. The zero-order valence-corrected chi connectivity index (χ0v) is 13.7. The Labute approximate surface area is 129 Å². The fourth-order valence-electron chi connectivity index (χ4n) is 2.50. The van der Waals surface area contributed by atoms with E-state index in [1.807, 2.05) is 17.8 Å². The smallest absolute Gasteiger partial charge is 0.251 e. The number of rotatable bonds is 3. The van der Waals surface area contributed by atoms with E-state index < -0.39 is 0 Å². The van der Waals surface area contributed by atoms with Crippen molar-refractivity contribution in [3.05, 3.63) is 28.8 Å². The molecule has 0 saturated carbocycles. The Kier molecular flexibility index (Phi) is 4.86. The van der Waals surface area contributed by atoms with Crippen LogP contribution in [0.15, 0.2) is 18.2 Å². The minimum Gasteiger partial charge on any atom is -0.380 e. The van der Waals surface area contributed by atoms with Crippen molar-refractivity contribution >= 4 is 35.0 Å². The maximum atomic E-state index is 11.7. The van der Waals surface area contributed by atoms with Crippen molar-refractivity contribution in [2.45, 2.75) is 26.3 Å². The molecule has 1 unspecified atom stereocenters. The maximum absolute atomic E-state index is 11.7. The number of benzene rings is 1. The van der Waals surface area contributed by atoms with Gasteiger partial charge in [-0.3, -0.25) is 4.79 Å². The van der Waals surface area contributed by atoms with Crippen molar-refractivity contribution < 1.29 is 4.79 Å². The van der Waals surface area contributed by atoms with Gasteiger partial charge in [0.15, 0.2) is 0 Å². The van der Waals surface area contributed by atoms with Gasteiger partial charge in [-0.15, -0.1) is 0 Å². The molecule has 1 saturated heterocycles. The largest absolute Gasteiger partial charge is 0.380 e. The van der Waals surface area contributed by atoms with Crippen LogP contribution in [0, 0.1) is 5.41 Å². The molecule has 110 valence electrons. The first-order chi connectivity index (χ1) is 9.41. The number of nitrogens with one attached hydrogen (secondary N) is 2. The highest BCUT2D eigenvalue weighted by atomic mass is 35.5. The third-order valence-electron chi connectivity index (χ3n) is 3.43. The molecule has 3 nitrogen and oxygen atoms in total. The molecule has 0 bridgehead atoms. The number of halogens is 1. The second kappa shape index (κ2) is 6.27. The number of amides is 1. The summed E-state index contributed by atoms with van der Waals surface area (Å²) in [5.41, 5.74) is 1.81. The molecule has 0 spiro atoms. The van der Waals surface area contributed by atoms with Crippen LogP contribution in [-0.4, -0.2) is 30.5 Å². The first-order valence-electron chi connectivity index (χ1n) is 6.77. The van der Waals surface area contributed by atoms with E-state index in [9.17, 15) is 4.79 Å². The monoisotopic (exact) mass is 312 g/mol. The molecule has 1 aromatic rings. The van der Waals surface area contributed by atoms with E-state index in [-0.39, 0.29) is 5.91 Å². The summed E-state index contributed by atoms with van der Waals surface area (Å²) >= 11 is 8.20. The number of anilines is 1. The number of carbonyl (C=O) groups excluding carboxylic acids is 1. The van der Waals surface area contributed by atoms with E-state index in [4.69, 9.17) is 11.6 Å². The second-order valence-electron chi connectivity index (χ2n) is 6.00. The van der Waals surface area contributed by atoms with Gasteiger partial charge in [0.1, 0.15) is 0 Å². The van der Waals surface area contributed by atoms with Gasteiger partial charge in [-0.25, -0.2) is 0 Å². The van der Waals surface area contributed by atoms with Crippen LogP contribution in [-0.2, 0) is 0 Å². The van der Waals surface area contributed by atoms with Crippen LogP contribution in [0.25, 0.3) is 0 Å². The minimum absolute atomic E-state index is 0.0944. The van der Waals surface area contributed by atoms with E-state index in [1.165, 1.54) is 5.75 Å². The van der Waals surface area contributed by atoms with E-state index in [1.54, 1.807) is 19.2 Å². The van der Waals surface area contributed by atoms with Gasteiger partial charge in [-0.2, -0.15) is 11.8 Å². The molecular weight excluding hydrogens is 292 g/mol. The van der Waals surface area contributed by atoms with Crippen molar-refractivity contribution in [3.8, 4) is 0 Å².